The van der Waals surface area contributed by atoms with E-state index in [1.165, 1.54) is 12.8 Å². The van der Waals surface area contributed by atoms with E-state index in [1.807, 2.05) is 0 Å². The van der Waals surface area contributed by atoms with Crippen LogP contribution in [0.4, 0.5) is 0 Å². The first kappa shape index (κ1) is 10.9. The number of hydrogen-bond acceptors (Lipinski definition) is 3. The standard InChI is InChI=1S/C11H21N3O/c12-11(15)8-14(7-9-1-2-9)10-3-5-13-6-4-10/h9-10,13H,1-8H2,(H2,12,15). The van der Waals surface area contributed by atoms with Crippen LogP contribution in [0.25, 0.3) is 0 Å². The maximum Gasteiger partial charge on any atom is 0.231 e. The highest BCUT2D eigenvalue weighted by Crippen LogP contribution is 2.31. The van der Waals surface area contributed by atoms with Gasteiger partial charge in [-0.05, 0) is 44.7 Å². The minimum absolute atomic E-state index is 0.186. The minimum atomic E-state index is -0.186. The molecule has 0 aromatic heterocycles. The van der Waals surface area contributed by atoms with Crippen molar-refractivity contribution < 1.29 is 4.79 Å². The second kappa shape index (κ2) is 4.94. The second-order valence-electron chi connectivity index (χ2n) is 4.82. The van der Waals surface area contributed by atoms with E-state index in [0.29, 0.717) is 12.6 Å². The quantitative estimate of drug-likeness (QED) is 0.669. The summed E-state index contributed by atoms with van der Waals surface area (Å²) in [6.07, 6.45) is 4.97. The molecule has 1 aliphatic heterocycles. The first-order chi connectivity index (χ1) is 7.25. The first-order valence-corrected chi connectivity index (χ1v) is 5.99. The number of piperidine rings is 1. The molecule has 1 amide bonds. The Morgan fingerprint density at radius 3 is 2.47 bits per heavy atom. The van der Waals surface area contributed by atoms with Gasteiger partial charge in [-0.2, -0.15) is 0 Å². The largest absolute Gasteiger partial charge is 0.369 e. The van der Waals surface area contributed by atoms with E-state index in [2.05, 4.69) is 10.2 Å². The molecule has 0 aromatic rings. The molecule has 4 nitrogen and oxygen atoms in total. The number of amides is 1. The lowest BCUT2D eigenvalue weighted by atomic mass is 10.0. The SMILES string of the molecule is NC(=O)CN(CC1CC1)C1CCNCC1. The highest BCUT2D eigenvalue weighted by molar-refractivity contribution is 5.75. The van der Waals surface area contributed by atoms with Gasteiger partial charge in [-0.3, -0.25) is 9.69 Å². The Bertz CT molecular complexity index is 222. The number of nitrogens with zero attached hydrogens (tertiary/aromatic N) is 1. The Morgan fingerprint density at radius 2 is 1.93 bits per heavy atom. The average Bonchev–Trinajstić information content (AvgIpc) is 3.01. The normalized spacial score (nSPS) is 23.3. The molecule has 0 aromatic carbocycles. The fourth-order valence-electron chi connectivity index (χ4n) is 2.35. The summed E-state index contributed by atoms with van der Waals surface area (Å²) in [5.41, 5.74) is 5.30. The molecule has 86 valence electrons. The fraction of sp³-hybridized carbons (Fsp3) is 0.909. The summed E-state index contributed by atoms with van der Waals surface area (Å²) in [5.74, 6) is 0.647. The van der Waals surface area contributed by atoms with Crippen LogP contribution >= 0.6 is 0 Å². The summed E-state index contributed by atoms with van der Waals surface area (Å²) in [5, 5.41) is 3.35. The topological polar surface area (TPSA) is 58.4 Å². The monoisotopic (exact) mass is 211 g/mol. The van der Waals surface area contributed by atoms with Gasteiger partial charge in [0.25, 0.3) is 0 Å². The molecule has 15 heavy (non-hydrogen) atoms. The summed E-state index contributed by atoms with van der Waals surface area (Å²) < 4.78 is 0. The number of carbonyl (C=O) groups is 1. The molecule has 0 atom stereocenters. The van der Waals surface area contributed by atoms with Crippen molar-refractivity contribution in [1.29, 1.82) is 0 Å². The number of nitrogens with two attached hydrogens (primary N) is 1. The number of primary amides is 1. The Kier molecular flexibility index (Phi) is 3.59. The Balaban J connectivity index is 1.86. The lowest BCUT2D eigenvalue weighted by molar-refractivity contribution is -0.119. The third-order valence-corrected chi connectivity index (χ3v) is 3.37. The van der Waals surface area contributed by atoms with Crippen molar-refractivity contribution in [2.24, 2.45) is 11.7 Å². The van der Waals surface area contributed by atoms with Crippen molar-refractivity contribution in [3.8, 4) is 0 Å². The van der Waals surface area contributed by atoms with Gasteiger partial charge in [-0.25, -0.2) is 0 Å². The second-order valence-corrected chi connectivity index (χ2v) is 4.82. The molecule has 2 aliphatic rings. The Hall–Kier alpha value is -0.610. The summed E-state index contributed by atoms with van der Waals surface area (Å²) in [6, 6.07) is 0.569. The van der Waals surface area contributed by atoms with Crippen molar-refractivity contribution in [2.45, 2.75) is 31.7 Å². The molecule has 2 rings (SSSR count). The van der Waals surface area contributed by atoms with Crippen LogP contribution in [0.3, 0.4) is 0 Å². The van der Waals surface area contributed by atoms with Crippen LogP contribution in [0.5, 0.6) is 0 Å². The molecule has 0 bridgehead atoms. The summed E-state index contributed by atoms with van der Waals surface area (Å²) in [7, 11) is 0. The van der Waals surface area contributed by atoms with Crippen molar-refractivity contribution in [1.82, 2.24) is 10.2 Å². The number of rotatable bonds is 5. The molecule has 2 fully saturated rings. The van der Waals surface area contributed by atoms with Crippen LogP contribution in [-0.4, -0.2) is 43.0 Å². The zero-order chi connectivity index (χ0) is 10.7. The molecule has 0 unspecified atom stereocenters. The summed E-state index contributed by atoms with van der Waals surface area (Å²) >= 11 is 0. The first-order valence-electron chi connectivity index (χ1n) is 5.99. The third-order valence-electron chi connectivity index (χ3n) is 3.37. The van der Waals surface area contributed by atoms with Gasteiger partial charge in [0.05, 0.1) is 6.54 Å². The number of carbonyl (C=O) groups excluding carboxylic acids is 1. The van der Waals surface area contributed by atoms with Crippen LogP contribution < -0.4 is 11.1 Å². The lowest BCUT2D eigenvalue weighted by Gasteiger charge is -2.33. The van der Waals surface area contributed by atoms with Crippen LogP contribution in [0.15, 0.2) is 0 Å². The van der Waals surface area contributed by atoms with Gasteiger partial charge in [-0.15, -0.1) is 0 Å². The summed E-state index contributed by atoms with van der Waals surface area (Å²) in [6.45, 7) is 3.67. The molecule has 1 heterocycles. The van der Waals surface area contributed by atoms with Gasteiger partial charge >= 0.3 is 0 Å². The van der Waals surface area contributed by atoms with E-state index in [9.17, 15) is 4.79 Å². The molecule has 4 heteroatoms. The van der Waals surface area contributed by atoms with E-state index in [4.69, 9.17) is 5.73 Å². The van der Waals surface area contributed by atoms with Crippen molar-refractivity contribution in [3.05, 3.63) is 0 Å². The van der Waals surface area contributed by atoms with E-state index >= 15 is 0 Å². The Morgan fingerprint density at radius 1 is 1.27 bits per heavy atom. The van der Waals surface area contributed by atoms with Crippen LogP contribution in [0.1, 0.15) is 25.7 Å². The fourth-order valence-corrected chi connectivity index (χ4v) is 2.35. The van der Waals surface area contributed by atoms with Gasteiger partial charge in [0.15, 0.2) is 0 Å². The maximum atomic E-state index is 11.0. The summed E-state index contributed by atoms with van der Waals surface area (Å²) in [4.78, 5) is 13.3. The highest BCUT2D eigenvalue weighted by atomic mass is 16.1. The van der Waals surface area contributed by atoms with Gasteiger partial charge in [0.2, 0.25) is 5.91 Å². The molecule has 3 N–H and O–H groups in total. The molecule has 1 saturated heterocycles. The predicted octanol–water partition coefficient (Wildman–Crippen LogP) is -0.0643. The van der Waals surface area contributed by atoms with E-state index in [-0.39, 0.29) is 5.91 Å². The van der Waals surface area contributed by atoms with Crippen LogP contribution in [0, 0.1) is 5.92 Å². The van der Waals surface area contributed by atoms with Crippen molar-refractivity contribution in [3.63, 3.8) is 0 Å². The van der Waals surface area contributed by atoms with E-state index in [1.54, 1.807) is 0 Å². The average molecular weight is 211 g/mol. The smallest absolute Gasteiger partial charge is 0.231 e. The van der Waals surface area contributed by atoms with E-state index < -0.39 is 0 Å². The van der Waals surface area contributed by atoms with Crippen molar-refractivity contribution >= 4 is 5.91 Å². The molecule has 1 aliphatic carbocycles. The van der Waals surface area contributed by atoms with Crippen LogP contribution in [-0.2, 0) is 4.79 Å². The molecular weight excluding hydrogens is 190 g/mol. The molecular formula is C11H21N3O. The molecule has 0 radical (unpaired) electrons. The highest BCUT2D eigenvalue weighted by Gasteiger charge is 2.29. The van der Waals surface area contributed by atoms with E-state index in [0.717, 1.165) is 38.4 Å². The zero-order valence-electron chi connectivity index (χ0n) is 9.24. The third kappa shape index (κ3) is 3.47. The zero-order valence-corrected chi connectivity index (χ0v) is 9.24. The molecule has 0 spiro atoms. The van der Waals surface area contributed by atoms with Gasteiger partial charge in [-0.1, -0.05) is 0 Å². The minimum Gasteiger partial charge on any atom is -0.369 e. The van der Waals surface area contributed by atoms with Crippen LogP contribution in [0.2, 0.25) is 0 Å². The number of nitrogens with one attached hydrogen (secondary N) is 1. The van der Waals surface area contributed by atoms with Crippen molar-refractivity contribution in [2.75, 3.05) is 26.2 Å². The van der Waals surface area contributed by atoms with Gasteiger partial charge in [0.1, 0.15) is 0 Å². The lowest BCUT2D eigenvalue weighted by Crippen LogP contribution is -2.47. The molecule has 1 saturated carbocycles. The predicted molar refractivity (Wildman–Crippen MR) is 59.4 cm³/mol. The van der Waals surface area contributed by atoms with Gasteiger partial charge in [0, 0.05) is 12.6 Å². The van der Waals surface area contributed by atoms with Gasteiger partial charge < -0.3 is 11.1 Å². The Labute approximate surface area is 91.2 Å². The maximum absolute atomic E-state index is 11.0. The number of hydrogen-bond donors (Lipinski definition) is 2.